The summed E-state index contributed by atoms with van der Waals surface area (Å²) in [5.74, 6) is 1.78. The SMILES string of the molecule is CC1CCCCC1N(C)C(=O)C(C)C1CNC1.Cl. The Kier molecular flexibility index (Phi) is 5.93. The number of nitrogens with one attached hydrogen (secondary N) is 1. The van der Waals surface area contributed by atoms with E-state index in [0.717, 1.165) is 13.1 Å². The van der Waals surface area contributed by atoms with Gasteiger partial charge in [0.15, 0.2) is 0 Å². The largest absolute Gasteiger partial charge is 0.342 e. The maximum atomic E-state index is 12.4. The lowest BCUT2D eigenvalue weighted by molar-refractivity contribution is -0.139. The van der Waals surface area contributed by atoms with Crippen molar-refractivity contribution in [2.75, 3.05) is 20.1 Å². The van der Waals surface area contributed by atoms with Gasteiger partial charge >= 0.3 is 0 Å². The van der Waals surface area contributed by atoms with Gasteiger partial charge in [0.2, 0.25) is 5.91 Å². The molecule has 0 bridgehead atoms. The third-order valence-electron chi connectivity index (χ3n) is 4.82. The molecule has 0 radical (unpaired) electrons. The van der Waals surface area contributed by atoms with E-state index in [1.807, 2.05) is 11.9 Å². The van der Waals surface area contributed by atoms with Gasteiger partial charge in [-0.1, -0.05) is 26.7 Å². The van der Waals surface area contributed by atoms with Crippen LogP contribution in [0.5, 0.6) is 0 Å². The number of rotatable bonds is 3. The molecule has 1 aliphatic heterocycles. The first-order chi connectivity index (χ1) is 8.11. The fraction of sp³-hybridized carbons (Fsp3) is 0.929. The summed E-state index contributed by atoms with van der Waals surface area (Å²) in [4.78, 5) is 14.5. The summed E-state index contributed by atoms with van der Waals surface area (Å²) < 4.78 is 0. The molecule has 1 aliphatic carbocycles. The van der Waals surface area contributed by atoms with Crippen molar-refractivity contribution >= 4 is 18.3 Å². The summed E-state index contributed by atoms with van der Waals surface area (Å²) in [5, 5.41) is 3.25. The number of amides is 1. The number of hydrogen-bond donors (Lipinski definition) is 1. The van der Waals surface area contributed by atoms with E-state index in [1.54, 1.807) is 0 Å². The number of hydrogen-bond acceptors (Lipinski definition) is 2. The minimum atomic E-state index is 0. The molecule has 1 N–H and O–H groups in total. The first kappa shape index (κ1) is 15.8. The van der Waals surface area contributed by atoms with Crippen LogP contribution in [0.3, 0.4) is 0 Å². The Balaban J connectivity index is 0.00000162. The van der Waals surface area contributed by atoms with Gasteiger partial charge in [-0.3, -0.25) is 4.79 Å². The monoisotopic (exact) mass is 274 g/mol. The standard InChI is InChI=1S/C14H26N2O.ClH/c1-10-6-4-5-7-13(10)16(3)14(17)11(2)12-8-15-9-12;/h10-13,15H,4-9H2,1-3H3;1H. The van der Waals surface area contributed by atoms with Crippen LogP contribution in [-0.2, 0) is 4.79 Å². The van der Waals surface area contributed by atoms with Gasteiger partial charge in [0.05, 0.1) is 0 Å². The zero-order valence-corrected chi connectivity index (χ0v) is 12.6. The van der Waals surface area contributed by atoms with E-state index >= 15 is 0 Å². The average molecular weight is 275 g/mol. The van der Waals surface area contributed by atoms with E-state index in [9.17, 15) is 4.79 Å². The second-order valence-corrected chi connectivity index (χ2v) is 5.99. The highest BCUT2D eigenvalue weighted by molar-refractivity contribution is 5.85. The summed E-state index contributed by atoms with van der Waals surface area (Å²) in [7, 11) is 2.01. The van der Waals surface area contributed by atoms with Gasteiger partial charge in [0.25, 0.3) is 0 Å². The van der Waals surface area contributed by atoms with Crippen LogP contribution in [0.2, 0.25) is 0 Å². The van der Waals surface area contributed by atoms with E-state index in [1.165, 1.54) is 25.7 Å². The molecule has 3 atom stereocenters. The normalized spacial score (nSPS) is 29.9. The smallest absolute Gasteiger partial charge is 0.225 e. The Bertz CT molecular complexity index is 281. The van der Waals surface area contributed by atoms with Gasteiger partial charge in [0, 0.05) is 19.0 Å². The summed E-state index contributed by atoms with van der Waals surface area (Å²) in [6.45, 7) is 6.42. The molecule has 3 unspecified atom stereocenters. The van der Waals surface area contributed by atoms with Crippen LogP contribution in [-0.4, -0.2) is 37.0 Å². The van der Waals surface area contributed by atoms with Crippen LogP contribution in [0.4, 0.5) is 0 Å². The van der Waals surface area contributed by atoms with Crippen molar-refractivity contribution in [3.63, 3.8) is 0 Å². The van der Waals surface area contributed by atoms with Gasteiger partial charge in [-0.2, -0.15) is 0 Å². The van der Waals surface area contributed by atoms with E-state index in [-0.39, 0.29) is 18.3 Å². The molecule has 106 valence electrons. The maximum Gasteiger partial charge on any atom is 0.225 e. The molecule has 3 nitrogen and oxygen atoms in total. The van der Waals surface area contributed by atoms with Gasteiger partial charge < -0.3 is 10.2 Å². The second-order valence-electron chi connectivity index (χ2n) is 5.99. The molecule has 0 spiro atoms. The third kappa shape index (κ3) is 3.18. The molecular weight excluding hydrogens is 248 g/mol. The Hall–Kier alpha value is -0.280. The fourth-order valence-electron chi connectivity index (χ4n) is 3.22. The highest BCUT2D eigenvalue weighted by Gasteiger charge is 2.34. The van der Waals surface area contributed by atoms with Gasteiger partial charge in [-0.05, 0) is 37.8 Å². The summed E-state index contributed by atoms with van der Waals surface area (Å²) in [5.41, 5.74) is 0. The maximum absolute atomic E-state index is 12.4. The molecule has 1 saturated carbocycles. The number of nitrogens with zero attached hydrogens (tertiary/aromatic N) is 1. The number of carbonyl (C=O) groups excluding carboxylic acids is 1. The summed E-state index contributed by atoms with van der Waals surface area (Å²) in [6, 6.07) is 0.478. The molecule has 2 rings (SSSR count). The van der Waals surface area contributed by atoms with Crippen LogP contribution in [0.15, 0.2) is 0 Å². The lowest BCUT2D eigenvalue weighted by Crippen LogP contribution is -2.52. The Labute approximate surface area is 117 Å². The van der Waals surface area contributed by atoms with Crippen LogP contribution in [0.25, 0.3) is 0 Å². The Morgan fingerprint density at radius 3 is 2.39 bits per heavy atom. The van der Waals surface area contributed by atoms with Gasteiger partial charge in [-0.25, -0.2) is 0 Å². The predicted octanol–water partition coefficient (Wildman–Crippen LogP) is 2.30. The van der Waals surface area contributed by atoms with Crippen molar-refractivity contribution in [3.8, 4) is 0 Å². The average Bonchev–Trinajstić information content (AvgIpc) is 2.25. The molecule has 0 aromatic heterocycles. The first-order valence-corrected chi connectivity index (χ1v) is 7.08. The zero-order chi connectivity index (χ0) is 12.4. The highest BCUT2D eigenvalue weighted by atomic mass is 35.5. The first-order valence-electron chi connectivity index (χ1n) is 7.08. The van der Waals surface area contributed by atoms with Crippen molar-refractivity contribution in [2.45, 2.75) is 45.6 Å². The Morgan fingerprint density at radius 2 is 1.89 bits per heavy atom. The van der Waals surface area contributed by atoms with E-state index in [2.05, 4.69) is 19.2 Å². The van der Waals surface area contributed by atoms with Crippen molar-refractivity contribution in [1.82, 2.24) is 10.2 Å². The molecule has 0 aromatic rings. The van der Waals surface area contributed by atoms with Crippen LogP contribution in [0.1, 0.15) is 39.5 Å². The minimum Gasteiger partial charge on any atom is -0.342 e. The topological polar surface area (TPSA) is 32.3 Å². The molecule has 1 heterocycles. The van der Waals surface area contributed by atoms with Gasteiger partial charge in [-0.15, -0.1) is 12.4 Å². The van der Waals surface area contributed by atoms with Crippen LogP contribution < -0.4 is 5.32 Å². The number of halogens is 1. The Morgan fingerprint density at radius 1 is 1.28 bits per heavy atom. The molecular formula is C14H27ClN2O. The summed E-state index contributed by atoms with van der Waals surface area (Å²) in [6.07, 6.45) is 5.09. The second kappa shape index (κ2) is 6.76. The van der Waals surface area contributed by atoms with E-state index in [4.69, 9.17) is 0 Å². The molecule has 18 heavy (non-hydrogen) atoms. The fourth-order valence-corrected chi connectivity index (χ4v) is 3.22. The number of carbonyl (C=O) groups is 1. The minimum absolute atomic E-state index is 0. The molecule has 1 amide bonds. The van der Waals surface area contributed by atoms with E-state index < -0.39 is 0 Å². The van der Waals surface area contributed by atoms with Crippen molar-refractivity contribution in [3.05, 3.63) is 0 Å². The van der Waals surface area contributed by atoms with Crippen LogP contribution >= 0.6 is 12.4 Å². The lowest BCUT2D eigenvalue weighted by atomic mass is 9.83. The molecule has 0 aromatic carbocycles. The third-order valence-corrected chi connectivity index (χ3v) is 4.82. The van der Waals surface area contributed by atoms with Crippen molar-refractivity contribution < 1.29 is 4.79 Å². The lowest BCUT2D eigenvalue weighted by Gasteiger charge is -2.40. The molecule has 2 aliphatic rings. The van der Waals surface area contributed by atoms with E-state index in [0.29, 0.717) is 23.8 Å². The zero-order valence-electron chi connectivity index (χ0n) is 11.8. The molecule has 4 heteroatoms. The van der Waals surface area contributed by atoms with Gasteiger partial charge in [0.1, 0.15) is 0 Å². The highest BCUT2D eigenvalue weighted by Crippen LogP contribution is 2.29. The van der Waals surface area contributed by atoms with Crippen molar-refractivity contribution in [1.29, 1.82) is 0 Å². The van der Waals surface area contributed by atoms with Crippen LogP contribution in [0, 0.1) is 17.8 Å². The van der Waals surface area contributed by atoms with Crippen molar-refractivity contribution in [2.24, 2.45) is 17.8 Å². The quantitative estimate of drug-likeness (QED) is 0.857. The molecule has 2 fully saturated rings. The molecule has 1 saturated heterocycles. The predicted molar refractivity (Wildman–Crippen MR) is 77.0 cm³/mol. The summed E-state index contributed by atoms with van der Waals surface area (Å²) >= 11 is 0.